The fraction of sp³-hybridized carbons (Fsp3) is 0.650. The molecule has 0 saturated heterocycles. The van der Waals surface area contributed by atoms with E-state index in [-0.39, 0.29) is 11.4 Å². The predicted molar refractivity (Wildman–Crippen MR) is 90.4 cm³/mol. The fourth-order valence-electron chi connectivity index (χ4n) is 5.71. The number of nitrogens with one attached hydrogen (secondary N) is 1. The van der Waals surface area contributed by atoms with E-state index in [0.29, 0.717) is 6.42 Å². The van der Waals surface area contributed by atoms with Crippen molar-refractivity contribution in [3.63, 3.8) is 0 Å². The number of carbonyl (C=O) groups is 1. The van der Waals surface area contributed by atoms with Crippen molar-refractivity contribution in [2.75, 3.05) is 7.11 Å². The monoisotopic (exact) mass is 313 g/mol. The number of hydrogen-bond donors (Lipinski definition) is 1. The molecule has 4 fully saturated rings. The van der Waals surface area contributed by atoms with Gasteiger partial charge in [-0.2, -0.15) is 0 Å². The highest BCUT2D eigenvalue weighted by atomic mass is 16.5. The summed E-state index contributed by atoms with van der Waals surface area (Å²) < 4.78 is 5.25. The Labute approximate surface area is 138 Å². The highest BCUT2D eigenvalue weighted by Crippen LogP contribution is 2.55. The second-order valence-corrected chi connectivity index (χ2v) is 8.10. The van der Waals surface area contributed by atoms with Gasteiger partial charge < -0.3 is 10.1 Å². The van der Waals surface area contributed by atoms with E-state index in [0.717, 1.165) is 29.9 Å². The molecule has 4 bridgehead atoms. The average Bonchev–Trinajstić information content (AvgIpc) is 2.51. The van der Waals surface area contributed by atoms with E-state index < -0.39 is 0 Å². The van der Waals surface area contributed by atoms with Gasteiger partial charge in [-0.05, 0) is 80.4 Å². The molecular formula is C20H27NO2. The molecule has 0 atom stereocenters. The van der Waals surface area contributed by atoms with Gasteiger partial charge in [-0.25, -0.2) is 0 Å². The van der Waals surface area contributed by atoms with E-state index in [1.807, 2.05) is 18.2 Å². The lowest BCUT2D eigenvalue weighted by Crippen LogP contribution is -2.59. The third-order valence-electron chi connectivity index (χ3n) is 6.22. The van der Waals surface area contributed by atoms with E-state index in [4.69, 9.17) is 4.74 Å². The summed E-state index contributed by atoms with van der Waals surface area (Å²) in [5, 5.41) is 3.45. The van der Waals surface area contributed by atoms with Crippen molar-refractivity contribution >= 4 is 5.91 Å². The Morgan fingerprint density at radius 3 is 2.43 bits per heavy atom. The molecule has 1 aromatic carbocycles. The molecule has 0 spiro atoms. The summed E-state index contributed by atoms with van der Waals surface area (Å²) >= 11 is 0. The van der Waals surface area contributed by atoms with Crippen LogP contribution in [0.4, 0.5) is 0 Å². The molecule has 3 heteroatoms. The summed E-state index contributed by atoms with van der Waals surface area (Å²) in [5.41, 5.74) is 1.31. The van der Waals surface area contributed by atoms with Crippen LogP contribution in [0.5, 0.6) is 5.75 Å². The topological polar surface area (TPSA) is 38.3 Å². The van der Waals surface area contributed by atoms with Crippen LogP contribution in [-0.4, -0.2) is 18.6 Å². The molecule has 5 rings (SSSR count). The molecule has 4 saturated carbocycles. The van der Waals surface area contributed by atoms with E-state index in [1.54, 1.807) is 7.11 Å². The molecule has 1 amide bonds. The SMILES string of the molecule is COc1cccc(CCC(=O)NC23CC4CC(CC(C4)C2)C3)c1. The van der Waals surface area contributed by atoms with Crippen molar-refractivity contribution in [1.82, 2.24) is 5.32 Å². The van der Waals surface area contributed by atoms with Crippen LogP contribution in [0.2, 0.25) is 0 Å². The van der Waals surface area contributed by atoms with Gasteiger partial charge in [-0.15, -0.1) is 0 Å². The first-order valence-electron chi connectivity index (χ1n) is 9.08. The number of benzene rings is 1. The minimum Gasteiger partial charge on any atom is -0.497 e. The molecule has 4 aliphatic rings. The zero-order valence-electron chi connectivity index (χ0n) is 14.0. The molecule has 1 aromatic rings. The van der Waals surface area contributed by atoms with E-state index >= 15 is 0 Å². The van der Waals surface area contributed by atoms with E-state index in [2.05, 4.69) is 11.4 Å². The van der Waals surface area contributed by atoms with Crippen LogP contribution in [0, 0.1) is 17.8 Å². The van der Waals surface area contributed by atoms with Crippen LogP contribution in [0.3, 0.4) is 0 Å². The van der Waals surface area contributed by atoms with Gasteiger partial charge in [0, 0.05) is 12.0 Å². The van der Waals surface area contributed by atoms with E-state index in [9.17, 15) is 4.79 Å². The lowest BCUT2D eigenvalue weighted by molar-refractivity contribution is -0.126. The smallest absolute Gasteiger partial charge is 0.220 e. The van der Waals surface area contributed by atoms with Crippen molar-refractivity contribution < 1.29 is 9.53 Å². The van der Waals surface area contributed by atoms with Crippen LogP contribution in [-0.2, 0) is 11.2 Å². The quantitative estimate of drug-likeness (QED) is 0.900. The van der Waals surface area contributed by atoms with Gasteiger partial charge >= 0.3 is 0 Å². The van der Waals surface area contributed by atoms with Gasteiger partial charge in [0.1, 0.15) is 5.75 Å². The average molecular weight is 313 g/mol. The summed E-state index contributed by atoms with van der Waals surface area (Å²) in [6.07, 6.45) is 9.29. The van der Waals surface area contributed by atoms with Crippen molar-refractivity contribution in [3.8, 4) is 5.75 Å². The Morgan fingerprint density at radius 2 is 1.83 bits per heavy atom. The highest BCUT2D eigenvalue weighted by molar-refractivity contribution is 5.77. The molecule has 124 valence electrons. The molecule has 0 radical (unpaired) electrons. The van der Waals surface area contributed by atoms with Crippen LogP contribution in [0.25, 0.3) is 0 Å². The maximum Gasteiger partial charge on any atom is 0.220 e. The molecule has 0 aromatic heterocycles. The number of rotatable bonds is 5. The third kappa shape index (κ3) is 3.11. The highest BCUT2D eigenvalue weighted by Gasteiger charge is 2.51. The van der Waals surface area contributed by atoms with Gasteiger partial charge in [0.25, 0.3) is 0 Å². The van der Waals surface area contributed by atoms with Crippen LogP contribution < -0.4 is 10.1 Å². The van der Waals surface area contributed by atoms with Gasteiger partial charge in [0.15, 0.2) is 0 Å². The Balaban J connectivity index is 1.35. The minimum absolute atomic E-state index is 0.139. The molecule has 1 N–H and O–H groups in total. The van der Waals surface area contributed by atoms with Crippen molar-refractivity contribution in [3.05, 3.63) is 29.8 Å². The van der Waals surface area contributed by atoms with Crippen molar-refractivity contribution in [2.24, 2.45) is 17.8 Å². The normalized spacial score (nSPS) is 34.4. The van der Waals surface area contributed by atoms with Gasteiger partial charge in [0.2, 0.25) is 5.91 Å². The lowest BCUT2D eigenvalue weighted by Gasteiger charge is -2.56. The lowest BCUT2D eigenvalue weighted by atomic mass is 9.53. The molecular weight excluding hydrogens is 286 g/mol. The fourth-order valence-corrected chi connectivity index (χ4v) is 5.71. The van der Waals surface area contributed by atoms with Gasteiger partial charge in [0.05, 0.1) is 7.11 Å². The summed E-state index contributed by atoms with van der Waals surface area (Å²) in [5.74, 6) is 3.72. The van der Waals surface area contributed by atoms with Crippen LogP contribution in [0.1, 0.15) is 50.5 Å². The Bertz CT molecular complexity index is 560. The number of amides is 1. The molecule has 23 heavy (non-hydrogen) atoms. The number of carbonyl (C=O) groups excluding carboxylic acids is 1. The second-order valence-electron chi connectivity index (χ2n) is 8.10. The first-order chi connectivity index (χ1) is 11.1. The maximum atomic E-state index is 12.5. The summed E-state index contributed by atoms with van der Waals surface area (Å²) in [6, 6.07) is 8.03. The number of hydrogen-bond acceptors (Lipinski definition) is 2. The maximum absolute atomic E-state index is 12.5. The number of methoxy groups -OCH3 is 1. The Morgan fingerprint density at radius 1 is 1.17 bits per heavy atom. The zero-order chi connectivity index (χ0) is 15.9. The third-order valence-corrected chi connectivity index (χ3v) is 6.22. The number of ether oxygens (including phenoxy) is 1. The van der Waals surface area contributed by atoms with Crippen LogP contribution >= 0.6 is 0 Å². The zero-order valence-corrected chi connectivity index (χ0v) is 14.0. The summed E-state index contributed by atoms with van der Waals surface area (Å²) in [6.45, 7) is 0. The van der Waals surface area contributed by atoms with Gasteiger partial charge in [-0.3, -0.25) is 4.79 Å². The number of aryl methyl sites for hydroxylation is 1. The second kappa shape index (κ2) is 5.85. The molecule has 3 nitrogen and oxygen atoms in total. The largest absolute Gasteiger partial charge is 0.497 e. The Hall–Kier alpha value is -1.51. The van der Waals surface area contributed by atoms with Crippen molar-refractivity contribution in [1.29, 1.82) is 0 Å². The standard InChI is InChI=1S/C20H27NO2/c1-23-18-4-2-3-14(10-18)5-6-19(22)21-20-11-15-7-16(12-20)9-17(8-15)13-20/h2-4,10,15-17H,5-9,11-13H2,1H3,(H,21,22). The molecule has 0 aliphatic heterocycles. The molecule has 0 heterocycles. The predicted octanol–water partition coefficient (Wildman–Crippen LogP) is 3.71. The molecule has 4 aliphatic carbocycles. The van der Waals surface area contributed by atoms with Crippen molar-refractivity contribution in [2.45, 2.75) is 56.9 Å². The summed E-state index contributed by atoms with van der Waals surface area (Å²) in [7, 11) is 1.68. The van der Waals surface area contributed by atoms with E-state index in [1.165, 1.54) is 44.1 Å². The minimum atomic E-state index is 0.139. The van der Waals surface area contributed by atoms with Crippen LogP contribution in [0.15, 0.2) is 24.3 Å². The molecule has 0 unspecified atom stereocenters. The first-order valence-corrected chi connectivity index (χ1v) is 9.08. The Kier molecular flexibility index (Phi) is 3.82. The summed E-state index contributed by atoms with van der Waals surface area (Å²) in [4.78, 5) is 12.5. The first kappa shape index (κ1) is 15.0. The van der Waals surface area contributed by atoms with Gasteiger partial charge in [-0.1, -0.05) is 12.1 Å².